The third-order valence-corrected chi connectivity index (χ3v) is 5.59. The van der Waals surface area contributed by atoms with E-state index in [1.807, 2.05) is 11.8 Å². The van der Waals surface area contributed by atoms with Gasteiger partial charge in [-0.15, -0.1) is 0 Å². The number of likely N-dealkylation sites (tertiary alicyclic amines) is 1. The predicted molar refractivity (Wildman–Crippen MR) is 105 cm³/mol. The summed E-state index contributed by atoms with van der Waals surface area (Å²) in [5, 5.41) is 12.3. The summed E-state index contributed by atoms with van der Waals surface area (Å²) >= 11 is 0. The molecule has 1 fully saturated rings. The van der Waals surface area contributed by atoms with Gasteiger partial charge in [0.1, 0.15) is 24.0 Å². The normalized spacial score (nSPS) is 22.7. The van der Waals surface area contributed by atoms with E-state index in [0.717, 1.165) is 5.70 Å². The summed E-state index contributed by atoms with van der Waals surface area (Å²) in [5.41, 5.74) is 1.26. The first-order chi connectivity index (χ1) is 13.9. The summed E-state index contributed by atoms with van der Waals surface area (Å²) in [6, 6.07) is 5.34. The van der Waals surface area contributed by atoms with Crippen molar-refractivity contribution < 1.29 is 13.9 Å². The van der Waals surface area contributed by atoms with Crippen molar-refractivity contribution in [2.24, 2.45) is 5.41 Å². The van der Waals surface area contributed by atoms with Gasteiger partial charge in [-0.25, -0.2) is 14.2 Å². The fourth-order valence-electron chi connectivity index (χ4n) is 4.05. The second-order valence-corrected chi connectivity index (χ2v) is 8.28. The Kier molecular flexibility index (Phi) is 4.91. The number of nitrogens with one attached hydrogen (secondary N) is 1. The van der Waals surface area contributed by atoms with E-state index in [-0.39, 0.29) is 23.3 Å². The van der Waals surface area contributed by atoms with Crippen molar-refractivity contribution in [3.63, 3.8) is 0 Å². The van der Waals surface area contributed by atoms with Crippen molar-refractivity contribution in [3.8, 4) is 6.07 Å². The summed E-state index contributed by atoms with van der Waals surface area (Å²) in [7, 11) is 0. The fraction of sp³-hybridized carbons (Fsp3) is 0.476. The van der Waals surface area contributed by atoms with Crippen LogP contribution in [-0.4, -0.2) is 53.1 Å². The minimum Gasteiger partial charge on any atom is -0.490 e. The minimum absolute atomic E-state index is 0.0499. The molecule has 8 heteroatoms. The molecule has 0 radical (unpaired) electrons. The lowest BCUT2D eigenvalue weighted by Crippen LogP contribution is -2.63. The Labute approximate surface area is 169 Å². The summed E-state index contributed by atoms with van der Waals surface area (Å²) in [5.74, 6) is 0.929. The molecule has 1 saturated heterocycles. The SMILES string of the molecule is CC1COC2=C(CCC(F)=C2)N1C(=O)N1CC(C)(CNc2cc(C#N)ccn2)C1. The highest BCUT2D eigenvalue weighted by atomic mass is 19.1. The molecule has 152 valence electrons. The zero-order valence-electron chi connectivity index (χ0n) is 16.6. The molecular weight excluding hydrogens is 373 g/mol. The number of hydrogen-bond donors (Lipinski definition) is 1. The molecule has 1 aromatic rings. The molecule has 1 aromatic heterocycles. The van der Waals surface area contributed by atoms with Crippen LogP contribution in [-0.2, 0) is 4.74 Å². The van der Waals surface area contributed by atoms with Crippen molar-refractivity contribution in [1.82, 2.24) is 14.8 Å². The number of carbonyl (C=O) groups excluding carboxylic acids is 1. The standard InChI is InChI=1S/C21H24FN5O2/c1-14-10-29-18-8-16(22)3-4-17(18)27(14)20(28)26-12-21(2,13-26)11-25-19-7-15(9-23)5-6-24-19/h5-8,14H,3-4,10-13H2,1-2H3,(H,24,25). The van der Waals surface area contributed by atoms with Crippen LogP contribution in [0.15, 0.2) is 41.7 Å². The highest BCUT2D eigenvalue weighted by molar-refractivity contribution is 5.78. The number of ether oxygens (including phenoxy) is 1. The Bertz CT molecular complexity index is 929. The third-order valence-electron chi connectivity index (χ3n) is 5.59. The highest BCUT2D eigenvalue weighted by Gasteiger charge is 2.45. The number of anilines is 1. The number of allylic oxidation sites excluding steroid dienone is 3. The average molecular weight is 397 g/mol. The van der Waals surface area contributed by atoms with E-state index in [2.05, 4.69) is 23.3 Å². The van der Waals surface area contributed by atoms with Crippen LogP contribution in [0.2, 0.25) is 0 Å². The molecule has 29 heavy (non-hydrogen) atoms. The smallest absolute Gasteiger partial charge is 0.324 e. The van der Waals surface area contributed by atoms with E-state index >= 15 is 0 Å². The number of carbonyl (C=O) groups is 1. The second kappa shape index (κ2) is 7.39. The van der Waals surface area contributed by atoms with Gasteiger partial charge in [-0.05, 0) is 25.5 Å². The Balaban J connectivity index is 1.39. The molecule has 1 unspecified atom stereocenters. The van der Waals surface area contributed by atoms with Crippen LogP contribution >= 0.6 is 0 Å². The van der Waals surface area contributed by atoms with Crippen molar-refractivity contribution in [1.29, 1.82) is 5.26 Å². The van der Waals surface area contributed by atoms with E-state index in [9.17, 15) is 9.18 Å². The van der Waals surface area contributed by atoms with Gasteiger partial charge in [-0.1, -0.05) is 6.92 Å². The van der Waals surface area contributed by atoms with Gasteiger partial charge in [-0.2, -0.15) is 5.26 Å². The summed E-state index contributed by atoms with van der Waals surface area (Å²) < 4.78 is 19.2. The van der Waals surface area contributed by atoms with Crippen LogP contribution in [0.25, 0.3) is 0 Å². The van der Waals surface area contributed by atoms with Crippen molar-refractivity contribution in [2.75, 3.05) is 31.6 Å². The monoisotopic (exact) mass is 397 g/mol. The zero-order valence-corrected chi connectivity index (χ0v) is 16.6. The molecule has 1 N–H and O–H groups in total. The molecule has 2 amide bonds. The van der Waals surface area contributed by atoms with Crippen LogP contribution < -0.4 is 5.32 Å². The lowest BCUT2D eigenvalue weighted by molar-refractivity contribution is 0.0231. The van der Waals surface area contributed by atoms with Gasteiger partial charge in [0.25, 0.3) is 0 Å². The summed E-state index contributed by atoms with van der Waals surface area (Å²) in [6.45, 7) is 6.32. The van der Waals surface area contributed by atoms with Gasteiger partial charge in [0.2, 0.25) is 0 Å². The number of aromatic nitrogens is 1. The topological polar surface area (TPSA) is 81.5 Å². The van der Waals surface area contributed by atoms with Gasteiger partial charge in [0.15, 0.2) is 0 Å². The number of nitriles is 1. The van der Waals surface area contributed by atoms with Crippen LogP contribution in [0.3, 0.4) is 0 Å². The number of nitrogens with zero attached hydrogens (tertiary/aromatic N) is 4. The maximum atomic E-state index is 13.6. The molecule has 0 bridgehead atoms. The molecule has 0 saturated carbocycles. The molecule has 4 rings (SSSR count). The molecule has 0 spiro atoms. The molecule has 2 aliphatic heterocycles. The molecule has 3 aliphatic rings. The number of rotatable bonds is 3. The zero-order chi connectivity index (χ0) is 20.6. The average Bonchev–Trinajstić information content (AvgIpc) is 2.70. The minimum atomic E-state index is -0.206. The maximum Gasteiger partial charge on any atom is 0.324 e. The van der Waals surface area contributed by atoms with Crippen molar-refractivity contribution >= 4 is 11.8 Å². The van der Waals surface area contributed by atoms with E-state index in [4.69, 9.17) is 10.00 Å². The van der Waals surface area contributed by atoms with Gasteiger partial charge < -0.3 is 15.0 Å². The Morgan fingerprint density at radius 1 is 1.48 bits per heavy atom. The van der Waals surface area contributed by atoms with Crippen LogP contribution in [0, 0.1) is 16.7 Å². The van der Waals surface area contributed by atoms with Crippen LogP contribution in [0.5, 0.6) is 0 Å². The Morgan fingerprint density at radius 3 is 3.03 bits per heavy atom. The summed E-state index contributed by atoms with van der Waals surface area (Å²) in [6.07, 6.45) is 3.78. The highest BCUT2D eigenvalue weighted by Crippen LogP contribution is 2.36. The number of halogens is 1. The first-order valence-electron chi connectivity index (χ1n) is 9.79. The number of urea groups is 1. The van der Waals surface area contributed by atoms with Crippen molar-refractivity contribution in [3.05, 3.63) is 47.3 Å². The molecule has 1 aliphatic carbocycles. The number of amides is 2. The van der Waals surface area contributed by atoms with E-state index in [1.54, 1.807) is 23.2 Å². The molecule has 3 heterocycles. The van der Waals surface area contributed by atoms with Gasteiger partial charge >= 0.3 is 6.03 Å². The van der Waals surface area contributed by atoms with E-state index in [0.29, 0.717) is 56.2 Å². The molecule has 1 atom stereocenters. The Hall–Kier alpha value is -3.08. The lowest BCUT2D eigenvalue weighted by Gasteiger charge is -2.51. The molecular formula is C21H24FN5O2. The van der Waals surface area contributed by atoms with Gasteiger partial charge in [-0.3, -0.25) is 4.90 Å². The van der Waals surface area contributed by atoms with Crippen molar-refractivity contribution in [2.45, 2.75) is 32.7 Å². The number of hydrogen-bond acceptors (Lipinski definition) is 5. The largest absolute Gasteiger partial charge is 0.490 e. The van der Waals surface area contributed by atoms with Crippen LogP contribution in [0.1, 0.15) is 32.3 Å². The molecule has 7 nitrogen and oxygen atoms in total. The predicted octanol–water partition coefficient (Wildman–Crippen LogP) is 3.39. The quantitative estimate of drug-likeness (QED) is 0.846. The maximum absolute atomic E-state index is 13.6. The van der Waals surface area contributed by atoms with E-state index in [1.165, 1.54) is 6.08 Å². The van der Waals surface area contributed by atoms with E-state index < -0.39 is 0 Å². The molecule has 0 aromatic carbocycles. The van der Waals surface area contributed by atoms with Crippen LogP contribution in [0.4, 0.5) is 15.0 Å². The number of pyridine rings is 1. The van der Waals surface area contributed by atoms with Gasteiger partial charge in [0, 0.05) is 43.7 Å². The lowest BCUT2D eigenvalue weighted by atomic mass is 9.82. The van der Waals surface area contributed by atoms with Gasteiger partial charge in [0.05, 0.1) is 23.4 Å². The first-order valence-corrected chi connectivity index (χ1v) is 9.79. The summed E-state index contributed by atoms with van der Waals surface area (Å²) in [4.78, 5) is 21.0. The Morgan fingerprint density at radius 2 is 2.28 bits per heavy atom. The third kappa shape index (κ3) is 3.77. The fourth-order valence-corrected chi connectivity index (χ4v) is 4.05. The first kappa shape index (κ1) is 19.2. The second-order valence-electron chi connectivity index (χ2n) is 8.28.